The number of benzene rings is 1. The second-order valence-corrected chi connectivity index (χ2v) is 5.17. The molecule has 1 aromatic carbocycles. The summed E-state index contributed by atoms with van der Waals surface area (Å²) in [6.07, 6.45) is 2.05. The van der Waals surface area contributed by atoms with Crippen LogP contribution in [0.5, 0.6) is 5.75 Å². The highest BCUT2D eigenvalue weighted by atomic mass is 79.9. The molecule has 0 aliphatic rings. The third kappa shape index (κ3) is 4.27. The number of unbranched alkanes of at least 4 members (excludes halogenated alkanes) is 2. The molecule has 0 unspecified atom stereocenters. The quantitative estimate of drug-likeness (QED) is 0.423. The topological polar surface area (TPSA) is 76.2 Å². The molecule has 0 amide bonds. The molecule has 0 saturated carbocycles. The average Bonchev–Trinajstić information content (AvgIpc) is 2.31. The predicted octanol–water partition coefficient (Wildman–Crippen LogP) is 4.19. The van der Waals surface area contributed by atoms with E-state index in [0.717, 1.165) is 12.8 Å². The standard InChI is InChI=1S/C11H10Br2N2O3/c12-9-6-8(15(16)17)7-10(13)11(9)18-5-3-1-2-4-14/h6-7H,1-3,5H2. The van der Waals surface area contributed by atoms with E-state index in [1.807, 2.05) is 0 Å². The summed E-state index contributed by atoms with van der Waals surface area (Å²) in [5, 5.41) is 19.0. The van der Waals surface area contributed by atoms with Crippen LogP contribution < -0.4 is 4.74 Å². The Balaban J connectivity index is 2.67. The SMILES string of the molecule is N#CCCCCOc1c(Br)cc([N+](=O)[O-])cc1Br. The van der Waals surface area contributed by atoms with E-state index in [0.29, 0.717) is 27.7 Å². The van der Waals surface area contributed by atoms with Crippen molar-refractivity contribution in [3.8, 4) is 11.8 Å². The Morgan fingerprint density at radius 3 is 2.44 bits per heavy atom. The number of hydrogen-bond donors (Lipinski definition) is 0. The molecule has 0 fully saturated rings. The molecule has 0 aromatic heterocycles. The lowest BCUT2D eigenvalue weighted by Crippen LogP contribution is -1.99. The number of non-ortho nitro benzene ring substituents is 1. The summed E-state index contributed by atoms with van der Waals surface area (Å²) in [7, 11) is 0. The van der Waals surface area contributed by atoms with Gasteiger partial charge in [0.25, 0.3) is 5.69 Å². The van der Waals surface area contributed by atoms with Gasteiger partial charge in [-0.15, -0.1) is 0 Å². The molecule has 5 nitrogen and oxygen atoms in total. The minimum absolute atomic E-state index is 0.00872. The van der Waals surface area contributed by atoms with Gasteiger partial charge in [-0.25, -0.2) is 0 Å². The van der Waals surface area contributed by atoms with E-state index in [2.05, 4.69) is 37.9 Å². The van der Waals surface area contributed by atoms with Gasteiger partial charge in [-0.2, -0.15) is 5.26 Å². The van der Waals surface area contributed by atoms with E-state index in [1.54, 1.807) is 0 Å². The molecule has 1 aromatic rings. The first-order valence-corrected chi connectivity index (χ1v) is 6.78. The highest BCUT2D eigenvalue weighted by Gasteiger charge is 2.14. The third-order valence-corrected chi connectivity index (χ3v) is 3.30. The first-order valence-electron chi connectivity index (χ1n) is 5.19. The molecule has 0 aliphatic heterocycles. The maximum absolute atomic E-state index is 10.6. The molecule has 96 valence electrons. The van der Waals surface area contributed by atoms with Gasteiger partial charge in [0.1, 0.15) is 5.75 Å². The molecule has 0 aliphatic carbocycles. The zero-order valence-corrected chi connectivity index (χ0v) is 12.5. The van der Waals surface area contributed by atoms with Crippen molar-refractivity contribution in [2.45, 2.75) is 19.3 Å². The van der Waals surface area contributed by atoms with Crippen LogP contribution in [-0.4, -0.2) is 11.5 Å². The summed E-state index contributed by atoms with van der Waals surface area (Å²) in [5.41, 5.74) is -0.00872. The summed E-state index contributed by atoms with van der Waals surface area (Å²) in [5.74, 6) is 0.539. The van der Waals surface area contributed by atoms with Gasteiger partial charge in [0.15, 0.2) is 0 Å². The Hall–Kier alpha value is -1.13. The summed E-state index contributed by atoms with van der Waals surface area (Å²) < 4.78 is 6.59. The highest BCUT2D eigenvalue weighted by molar-refractivity contribution is 9.11. The van der Waals surface area contributed by atoms with Crippen LogP contribution in [0.25, 0.3) is 0 Å². The van der Waals surface area contributed by atoms with E-state index in [9.17, 15) is 10.1 Å². The summed E-state index contributed by atoms with van der Waals surface area (Å²) in [6.45, 7) is 0.469. The first-order chi connectivity index (χ1) is 8.56. The Labute approximate surface area is 121 Å². The van der Waals surface area contributed by atoms with Crippen molar-refractivity contribution < 1.29 is 9.66 Å². The monoisotopic (exact) mass is 376 g/mol. The van der Waals surface area contributed by atoms with E-state index in [-0.39, 0.29) is 5.69 Å². The molecule has 18 heavy (non-hydrogen) atoms. The molecule has 0 atom stereocenters. The maximum atomic E-state index is 10.6. The summed E-state index contributed by atoms with van der Waals surface area (Å²) >= 11 is 6.47. The van der Waals surface area contributed by atoms with Crippen LogP contribution in [0.2, 0.25) is 0 Å². The fourth-order valence-corrected chi connectivity index (χ4v) is 2.66. The number of nitrogens with zero attached hydrogens (tertiary/aromatic N) is 2. The van der Waals surface area contributed by atoms with Crippen molar-refractivity contribution >= 4 is 37.5 Å². The molecule has 7 heteroatoms. The molecular formula is C11H10Br2N2O3. The lowest BCUT2D eigenvalue weighted by molar-refractivity contribution is -0.385. The minimum Gasteiger partial charge on any atom is -0.491 e. The lowest BCUT2D eigenvalue weighted by atomic mass is 10.2. The zero-order valence-electron chi connectivity index (χ0n) is 9.36. The van der Waals surface area contributed by atoms with Crippen LogP contribution in [0.4, 0.5) is 5.69 Å². The summed E-state index contributed by atoms with van der Waals surface area (Å²) in [6, 6.07) is 4.86. The Bertz CT molecular complexity index is 463. The van der Waals surface area contributed by atoms with Gasteiger partial charge in [0, 0.05) is 18.6 Å². The highest BCUT2D eigenvalue weighted by Crippen LogP contribution is 2.37. The zero-order chi connectivity index (χ0) is 13.5. The van der Waals surface area contributed by atoms with Crippen LogP contribution in [0.3, 0.4) is 0 Å². The second-order valence-electron chi connectivity index (χ2n) is 3.46. The van der Waals surface area contributed by atoms with Crippen LogP contribution >= 0.6 is 31.9 Å². The Morgan fingerprint density at radius 2 is 1.94 bits per heavy atom. The van der Waals surface area contributed by atoms with E-state index < -0.39 is 4.92 Å². The van der Waals surface area contributed by atoms with Gasteiger partial charge < -0.3 is 4.74 Å². The van der Waals surface area contributed by atoms with Crippen molar-refractivity contribution in [3.63, 3.8) is 0 Å². The molecular weight excluding hydrogens is 368 g/mol. The first kappa shape index (κ1) is 14.9. The van der Waals surface area contributed by atoms with Gasteiger partial charge >= 0.3 is 0 Å². The van der Waals surface area contributed by atoms with Crippen molar-refractivity contribution in [3.05, 3.63) is 31.2 Å². The molecule has 0 spiro atoms. The van der Waals surface area contributed by atoms with Crippen LogP contribution in [0, 0.1) is 21.4 Å². The Morgan fingerprint density at radius 1 is 1.33 bits per heavy atom. The predicted molar refractivity (Wildman–Crippen MR) is 73.5 cm³/mol. The largest absolute Gasteiger partial charge is 0.491 e. The van der Waals surface area contributed by atoms with Gasteiger partial charge in [0.05, 0.1) is 26.5 Å². The number of rotatable bonds is 6. The van der Waals surface area contributed by atoms with Gasteiger partial charge in [-0.1, -0.05) is 0 Å². The number of hydrogen-bond acceptors (Lipinski definition) is 4. The molecule has 0 saturated heterocycles. The molecule has 0 bridgehead atoms. The van der Waals surface area contributed by atoms with Crippen LogP contribution in [0.1, 0.15) is 19.3 Å². The van der Waals surface area contributed by atoms with Crippen molar-refractivity contribution in [2.24, 2.45) is 0 Å². The fraction of sp³-hybridized carbons (Fsp3) is 0.364. The van der Waals surface area contributed by atoms with Crippen molar-refractivity contribution in [1.82, 2.24) is 0 Å². The molecule has 0 N–H and O–H groups in total. The lowest BCUT2D eigenvalue weighted by Gasteiger charge is -2.09. The minimum atomic E-state index is -0.466. The average molecular weight is 378 g/mol. The van der Waals surface area contributed by atoms with E-state index >= 15 is 0 Å². The van der Waals surface area contributed by atoms with Crippen LogP contribution in [0.15, 0.2) is 21.1 Å². The molecule has 1 rings (SSSR count). The van der Waals surface area contributed by atoms with E-state index in [1.165, 1.54) is 12.1 Å². The van der Waals surface area contributed by atoms with Gasteiger partial charge in [-0.3, -0.25) is 10.1 Å². The number of nitriles is 1. The van der Waals surface area contributed by atoms with Crippen molar-refractivity contribution in [1.29, 1.82) is 5.26 Å². The maximum Gasteiger partial charge on any atom is 0.271 e. The van der Waals surface area contributed by atoms with Gasteiger partial charge in [0.2, 0.25) is 0 Å². The van der Waals surface area contributed by atoms with Crippen LogP contribution in [-0.2, 0) is 0 Å². The fourth-order valence-electron chi connectivity index (χ4n) is 1.27. The number of halogens is 2. The number of nitro benzene ring substituents is 1. The van der Waals surface area contributed by atoms with E-state index in [4.69, 9.17) is 10.00 Å². The summed E-state index contributed by atoms with van der Waals surface area (Å²) in [4.78, 5) is 10.2. The molecule has 0 radical (unpaired) electrons. The third-order valence-electron chi connectivity index (χ3n) is 2.12. The normalized spacial score (nSPS) is 9.83. The van der Waals surface area contributed by atoms with Gasteiger partial charge in [-0.05, 0) is 44.7 Å². The Kier molecular flexibility index (Phi) is 6.09. The number of ether oxygens (including phenoxy) is 1. The molecule has 0 heterocycles. The number of nitro groups is 1. The van der Waals surface area contributed by atoms with Crippen molar-refractivity contribution in [2.75, 3.05) is 6.61 Å². The second kappa shape index (κ2) is 7.34. The smallest absolute Gasteiger partial charge is 0.271 e.